The van der Waals surface area contributed by atoms with Gasteiger partial charge in [-0.2, -0.15) is 18.3 Å². The Labute approximate surface area is 141 Å². The number of ether oxygens (including phenoxy) is 2. The first-order valence-electron chi connectivity index (χ1n) is 7.56. The van der Waals surface area contributed by atoms with E-state index in [1.165, 1.54) is 20.2 Å². The third-order valence-electron chi connectivity index (χ3n) is 3.74. The molecular formula is C16H16F3N3O3. The molecule has 0 unspecified atom stereocenters. The molecule has 1 aliphatic rings. The van der Waals surface area contributed by atoms with Crippen molar-refractivity contribution in [2.24, 2.45) is 13.0 Å². The number of hydrogen-bond acceptors (Lipinski definition) is 4. The molecule has 1 saturated carbocycles. The summed E-state index contributed by atoms with van der Waals surface area (Å²) in [7, 11) is 2.79. The molecule has 0 aliphatic heterocycles. The zero-order valence-electron chi connectivity index (χ0n) is 13.6. The number of alkyl halides is 3. The molecule has 1 heterocycles. The Kier molecular flexibility index (Phi) is 4.32. The summed E-state index contributed by atoms with van der Waals surface area (Å²) < 4.78 is 50.0. The number of carbonyl (C=O) groups is 1. The fraction of sp³-hybridized carbons (Fsp3) is 0.375. The highest BCUT2D eigenvalue weighted by molar-refractivity contribution is 5.95. The van der Waals surface area contributed by atoms with Gasteiger partial charge in [0.05, 0.1) is 12.8 Å². The highest BCUT2D eigenvalue weighted by Crippen LogP contribution is 2.37. The number of nitrogens with zero attached hydrogens (tertiary/aromatic N) is 2. The minimum Gasteiger partial charge on any atom is -0.497 e. The predicted molar refractivity (Wildman–Crippen MR) is 82.6 cm³/mol. The lowest BCUT2D eigenvalue weighted by molar-refractivity contribution is -0.141. The van der Waals surface area contributed by atoms with Crippen molar-refractivity contribution in [3.63, 3.8) is 0 Å². The van der Waals surface area contributed by atoms with Crippen LogP contribution in [0.3, 0.4) is 0 Å². The van der Waals surface area contributed by atoms with Crippen LogP contribution in [0.4, 0.5) is 18.9 Å². The number of halogens is 3. The molecule has 1 N–H and O–H groups in total. The number of anilines is 1. The van der Waals surface area contributed by atoms with E-state index in [4.69, 9.17) is 9.47 Å². The van der Waals surface area contributed by atoms with Crippen molar-refractivity contribution in [3.05, 3.63) is 30.0 Å². The Bertz CT molecular complexity index is 798. The lowest BCUT2D eigenvalue weighted by atomic mass is 10.2. The van der Waals surface area contributed by atoms with E-state index in [1.807, 2.05) is 0 Å². The van der Waals surface area contributed by atoms with E-state index in [1.54, 1.807) is 12.1 Å². The molecule has 1 amide bonds. The summed E-state index contributed by atoms with van der Waals surface area (Å²) in [6.45, 7) is 0. The third-order valence-corrected chi connectivity index (χ3v) is 3.74. The van der Waals surface area contributed by atoms with Gasteiger partial charge in [-0.15, -0.1) is 0 Å². The number of aryl methyl sites for hydroxylation is 1. The van der Waals surface area contributed by atoms with Crippen molar-refractivity contribution in [3.8, 4) is 17.4 Å². The summed E-state index contributed by atoms with van der Waals surface area (Å²) in [6, 6.07) is 5.49. The Morgan fingerprint density at radius 2 is 2.04 bits per heavy atom. The molecule has 9 heteroatoms. The molecule has 0 radical (unpaired) electrons. The van der Waals surface area contributed by atoms with Crippen LogP contribution in [0.5, 0.6) is 17.4 Å². The van der Waals surface area contributed by atoms with Crippen LogP contribution in [0.15, 0.2) is 24.3 Å². The second-order valence-corrected chi connectivity index (χ2v) is 5.72. The number of rotatable bonds is 5. The largest absolute Gasteiger partial charge is 0.497 e. The third kappa shape index (κ3) is 3.86. The molecule has 2 aromatic rings. The Morgan fingerprint density at radius 1 is 1.32 bits per heavy atom. The first-order chi connectivity index (χ1) is 11.8. The molecular weight excluding hydrogens is 339 g/mol. The predicted octanol–water partition coefficient (Wildman–Crippen LogP) is 3.59. The van der Waals surface area contributed by atoms with Gasteiger partial charge >= 0.3 is 6.18 Å². The molecule has 134 valence electrons. The first-order valence-corrected chi connectivity index (χ1v) is 7.56. The van der Waals surface area contributed by atoms with Gasteiger partial charge in [0.1, 0.15) is 5.75 Å². The number of benzene rings is 1. The number of amides is 1. The smallest absolute Gasteiger partial charge is 0.435 e. The van der Waals surface area contributed by atoms with Crippen LogP contribution in [0, 0.1) is 5.92 Å². The summed E-state index contributed by atoms with van der Waals surface area (Å²) in [4.78, 5) is 12.0. The number of hydrogen-bond donors (Lipinski definition) is 1. The molecule has 0 bridgehead atoms. The van der Waals surface area contributed by atoms with E-state index in [0.717, 1.165) is 23.6 Å². The van der Waals surface area contributed by atoms with Gasteiger partial charge in [0.15, 0.2) is 11.4 Å². The van der Waals surface area contributed by atoms with Gasteiger partial charge in [-0.3, -0.25) is 4.79 Å². The van der Waals surface area contributed by atoms with E-state index in [0.29, 0.717) is 11.4 Å². The van der Waals surface area contributed by atoms with Crippen LogP contribution in [0.25, 0.3) is 0 Å². The van der Waals surface area contributed by atoms with E-state index in [-0.39, 0.29) is 23.5 Å². The minimum atomic E-state index is -4.57. The van der Waals surface area contributed by atoms with Gasteiger partial charge in [0, 0.05) is 25.1 Å². The number of methoxy groups -OCH3 is 1. The number of aromatic nitrogens is 2. The maximum Gasteiger partial charge on any atom is 0.435 e. The average molecular weight is 355 g/mol. The zero-order valence-corrected chi connectivity index (χ0v) is 13.6. The normalized spacial score (nSPS) is 14.3. The topological polar surface area (TPSA) is 65.4 Å². The molecule has 3 rings (SSSR count). The lowest BCUT2D eigenvalue weighted by Crippen LogP contribution is -2.14. The fourth-order valence-electron chi connectivity index (χ4n) is 2.19. The highest BCUT2D eigenvalue weighted by Gasteiger charge is 2.35. The van der Waals surface area contributed by atoms with Gasteiger partial charge in [0.25, 0.3) is 0 Å². The molecule has 6 nitrogen and oxygen atoms in total. The minimum absolute atomic E-state index is 0.0245. The summed E-state index contributed by atoms with van der Waals surface area (Å²) >= 11 is 0. The van der Waals surface area contributed by atoms with E-state index >= 15 is 0 Å². The monoisotopic (exact) mass is 355 g/mol. The van der Waals surface area contributed by atoms with E-state index < -0.39 is 11.9 Å². The molecule has 0 spiro atoms. The van der Waals surface area contributed by atoms with Crippen LogP contribution < -0.4 is 14.8 Å². The van der Waals surface area contributed by atoms with Gasteiger partial charge in [-0.25, -0.2) is 4.68 Å². The first kappa shape index (κ1) is 17.1. The molecule has 25 heavy (non-hydrogen) atoms. The maximum absolute atomic E-state index is 12.8. The van der Waals surface area contributed by atoms with Gasteiger partial charge in [0.2, 0.25) is 11.8 Å². The summed E-state index contributed by atoms with van der Waals surface area (Å²) in [6.07, 6.45) is -2.92. The van der Waals surface area contributed by atoms with Crippen molar-refractivity contribution in [1.29, 1.82) is 0 Å². The van der Waals surface area contributed by atoms with Gasteiger partial charge in [-0.05, 0) is 25.0 Å². The maximum atomic E-state index is 12.8. The Balaban J connectivity index is 1.89. The van der Waals surface area contributed by atoms with Gasteiger partial charge < -0.3 is 14.8 Å². The second-order valence-electron chi connectivity index (χ2n) is 5.72. The molecule has 1 aliphatic carbocycles. The van der Waals surface area contributed by atoms with Gasteiger partial charge in [-0.1, -0.05) is 0 Å². The van der Waals surface area contributed by atoms with Crippen molar-refractivity contribution in [1.82, 2.24) is 9.78 Å². The van der Waals surface area contributed by atoms with Crippen LogP contribution in [-0.2, 0) is 18.0 Å². The van der Waals surface area contributed by atoms with E-state index in [9.17, 15) is 18.0 Å². The Hall–Kier alpha value is -2.71. The summed E-state index contributed by atoms with van der Waals surface area (Å²) in [5.74, 6) is 0.338. The van der Waals surface area contributed by atoms with Crippen molar-refractivity contribution in [2.45, 2.75) is 19.0 Å². The van der Waals surface area contributed by atoms with Crippen molar-refractivity contribution >= 4 is 11.6 Å². The van der Waals surface area contributed by atoms with Crippen molar-refractivity contribution < 1.29 is 27.4 Å². The number of nitrogens with one attached hydrogen (secondary N) is 1. The standard InChI is InChI=1S/C16H16F3N3O3/c1-22-14(8-13(21-22)16(17,18)19)25-12-7-10(24-2)5-6-11(12)20-15(23)9-3-4-9/h5-9H,3-4H2,1-2H3,(H,20,23). The second kappa shape index (κ2) is 6.30. The Morgan fingerprint density at radius 3 is 2.60 bits per heavy atom. The summed E-state index contributed by atoms with van der Waals surface area (Å²) in [5, 5.41) is 6.13. The molecule has 0 atom stereocenters. The molecule has 0 saturated heterocycles. The molecule has 1 aromatic carbocycles. The van der Waals surface area contributed by atoms with Crippen molar-refractivity contribution in [2.75, 3.05) is 12.4 Å². The lowest BCUT2D eigenvalue weighted by Gasteiger charge is -2.13. The van der Waals surface area contributed by atoms with Crippen LogP contribution >= 0.6 is 0 Å². The highest BCUT2D eigenvalue weighted by atomic mass is 19.4. The molecule has 1 fully saturated rings. The van der Waals surface area contributed by atoms with Crippen LogP contribution in [0.2, 0.25) is 0 Å². The van der Waals surface area contributed by atoms with E-state index in [2.05, 4.69) is 10.4 Å². The SMILES string of the molecule is COc1ccc(NC(=O)C2CC2)c(Oc2cc(C(F)(F)F)nn2C)c1. The number of carbonyl (C=O) groups excluding carboxylic acids is 1. The summed E-state index contributed by atoms with van der Waals surface area (Å²) in [5.41, 5.74) is -0.705. The quantitative estimate of drug-likeness (QED) is 0.890. The molecule has 1 aromatic heterocycles. The van der Waals surface area contributed by atoms with Crippen LogP contribution in [0.1, 0.15) is 18.5 Å². The average Bonchev–Trinajstić information content (AvgIpc) is 3.33. The fourth-order valence-corrected chi connectivity index (χ4v) is 2.19. The zero-order chi connectivity index (χ0) is 18.2. The van der Waals surface area contributed by atoms with Crippen LogP contribution in [-0.4, -0.2) is 22.8 Å².